The van der Waals surface area contributed by atoms with Crippen LogP contribution in [0.1, 0.15) is 48.7 Å². The minimum absolute atomic E-state index is 0.161. The molecule has 0 radical (unpaired) electrons. The van der Waals surface area contributed by atoms with Crippen molar-refractivity contribution in [3.63, 3.8) is 0 Å². The summed E-state index contributed by atoms with van der Waals surface area (Å²) in [5.74, 6) is 0.907. The molecule has 0 amide bonds. The van der Waals surface area contributed by atoms with Gasteiger partial charge in [0.25, 0.3) is 0 Å². The summed E-state index contributed by atoms with van der Waals surface area (Å²) in [6.07, 6.45) is 3.07. The zero-order valence-electron chi connectivity index (χ0n) is 14.5. The molecule has 0 aliphatic carbocycles. The van der Waals surface area contributed by atoms with Gasteiger partial charge in [-0.1, -0.05) is 37.3 Å². The van der Waals surface area contributed by atoms with Crippen LogP contribution >= 0.6 is 0 Å². The van der Waals surface area contributed by atoms with E-state index in [0.717, 1.165) is 34.6 Å². The Balaban J connectivity index is 1.74. The van der Waals surface area contributed by atoms with Gasteiger partial charge in [0.15, 0.2) is 5.78 Å². The molecule has 0 aliphatic heterocycles. The van der Waals surface area contributed by atoms with E-state index in [1.165, 1.54) is 0 Å². The van der Waals surface area contributed by atoms with E-state index in [2.05, 4.69) is 10.2 Å². The first-order valence-corrected chi connectivity index (χ1v) is 8.57. The molecule has 0 aliphatic rings. The highest BCUT2D eigenvalue weighted by Crippen LogP contribution is 2.29. The van der Waals surface area contributed by atoms with Crippen molar-refractivity contribution >= 4 is 5.78 Å². The van der Waals surface area contributed by atoms with Gasteiger partial charge in [0.05, 0.1) is 11.9 Å². The highest BCUT2D eigenvalue weighted by molar-refractivity contribution is 5.96. The first-order valence-electron chi connectivity index (χ1n) is 8.57. The molecular formula is C21H22N2O2. The first-order chi connectivity index (χ1) is 12.2. The molecule has 0 saturated carbocycles. The van der Waals surface area contributed by atoms with Crippen molar-refractivity contribution in [1.82, 2.24) is 10.2 Å². The summed E-state index contributed by atoms with van der Waals surface area (Å²) >= 11 is 0. The molecule has 0 fully saturated rings. The van der Waals surface area contributed by atoms with Crippen molar-refractivity contribution in [2.45, 2.75) is 32.8 Å². The van der Waals surface area contributed by atoms with Gasteiger partial charge in [0, 0.05) is 17.5 Å². The van der Waals surface area contributed by atoms with Gasteiger partial charge >= 0.3 is 0 Å². The maximum absolute atomic E-state index is 11.9. The quantitative estimate of drug-likeness (QED) is 0.604. The Bertz CT molecular complexity index is 823. The number of ketones is 1. The average molecular weight is 334 g/mol. The zero-order chi connectivity index (χ0) is 17.6. The lowest BCUT2D eigenvalue weighted by atomic mass is 10.0. The predicted molar refractivity (Wildman–Crippen MR) is 98.7 cm³/mol. The maximum Gasteiger partial charge on any atom is 0.162 e. The minimum Gasteiger partial charge on any atom is -0.486 e. The molecule has 0 saturated heterocycles. The average Bonchev–Trinajstić information content (AvgIpc) is 3.13. The van der Waals surface area contributed by atoms with Gasteiger partial charge in [0.2, 0.25) is 0 Å². The van der Waals surface area contributed by atoms with Crippen molar-refractivity contribution in [2.24, 2.45) is 0 Å². The van der Waals surface area contributed by atoms with Gasteiger partial charge in [-0.05, 0) is 43.2 Å². The summed E-state index contributed by atoms with van der Waals surface area (Å²) in [5.41, 5.74) is 3.77. The second-order valence-electron chi connectivity index (χ2n) is 6.02. The van der Waals surface area contributed by atoms with E-state index in [9.17, 15) is 4.79 Å². The molecular weight excluding hydrogens is 312 g/mol. The smallest absolute Gasteiger partial charge is 0.162 e. The molecule has 128 valence electrons. The number of nitrogens with zero attached hydrogens (tertiary/aromatic N) is 1. The summed E-state index contributed by atoms with van der Waals surface area (Å²) < 4.78 is 6.04. The molecule has 2 aromatic carbocycles. The number of nitrogens with one attached hydrogen (secondary N) is 1. The van der Waals surface area contributed by atoms with Crippen LogP contribution in [0.15, 0.2) is 60.8 Å². The van der Waals surface area contributed by atoms with Crippen molar-refractivity contribution in [3.05, 3.63) is 71.9 Å². The molecule has 3 rings (SSSR count). The molecule has 3 aromatic rings. The van der Waals surface area contributed by atoms with Gasteiger partial charge in [0.1, 0.15) is 11.9 Å². The fourth-order valence-electron chi connectivity index (χ4n) is 2.80. The number of benzene rings is 2. The van der Waals surface area contributed by atoms with Crippen LogP contribution in [-0.2, 0) is 0 Å². The standard InChI is InChI=1S/C21H22N2O2/c1-3-7-20(24)16-10-12-18(13-11-16)25-15(2)19-14-22-23-21(19)17-8-5-4-6-9-17/h4-6,8-15H,3,7H2,1-2H3,(H,22,23). The normalized spacial score (nSPS) is 11.9. The molecule has 4 nitrogen and oxygen atoms in total. The molecule has 1 aromatic heterocycles. The van der Waals surface area contributed by atoms with Crippen molar-refractivity contribution in [2.75, 3.05) is 0 Å². The minimum atomic E-state index is -0.161. The number of aromatic amines is 1. The van der Waals surface area contributed by atoms with E-state index in [1.54, 1.807) is 6.20 Å². The summed E-state index contributed by atoms with van der Waals surface area (Å²) in [6.45, 7) is 4.00. The third-order valence-electron chi connectivity index (χ3n) is 4.14. The Kier molecular flexibility index (Phi) is 5.29. The van der Waals surface area contributed by atoms with Crippen LogP contribution in [-0.4, -0.2) is 16.0 Å². The third-order valence-corrected chi connectivity index (χ3v) is 4.14. The van der Waals surface area contributed by atoms with Gasteiger partial charge in [-0.2, -0.15) is 5.10 Å². The van der Waals surface area contributed by atoms with Crippen LogP contribution in [0.3, 0.4) is 0 Å². The zero-order valence-corrected chi connectivity index (χ0v) is 14.5. The molecule has 1 atom stereocenters. The second-order valence-corrected chi connectivity index (χ2v) is 6.02. The fourth-order valence-corrected chi connectivity index (χ4v) is 2.80. The Labute approximate surface area is 147 Å². The number of hydrogen-bond acceptors (Lipinski definition) is 3. The summed E-state index contributed by atoms with van der Waals surface area (Å²) in [5, 5.41) is 7.22. The molecule has 1 N–H and O–H groups in total. The van der Waals surface area contributed by atoms with Crippen LogP contribution in [0.2, 0.25) is 0 Å². The number of hydrogen-bond donors (Lipinski definition) is 1. The monoisotopic (exact) mass is 334 g/mol. The molecule has 0 spiro atoms. The molecule has 1 unspecified atom stereocenters. The van der Waals surface area contributed by atoms with Crippen molar-refractivity contribution in [3.8, 4) is 17.0 Å². The van der Waals surface area contributed by atoms with Crippen molar-refractivity contribution < 1.29 is 9.53 Å². The maximum atomic E-state index is 11.9. The van der Waals surface area contributed by atoms with E-state index in [4.69, 9.17) is 4.74 Å². The van der Waals surface area contributed by atoms with Gasteiger partial charge < -0.3 is 4.74 Å². The van der Waals surface area contributed by atoms with E-state index >= 15 is 0 Å². The fraction of sp³-hybridized carbons (Fsp3) is 0.238. The number of aromatic nitrogens is 2. The number of rotatable bonds is 7. The highest BCUT2D eigenvalue weighted by atomic mass is 16.5. The molecule has 25 heavy (non-hydrogen) atoms. The van der Waals surface area contributed by atoms with Crippen LogP contribution in [0, 0.1) is 0 Å². The summed E-state index contributed by atoms with van der Waals surface area (Å²) in [4.78, 5) is 11.9. The lowest BCUT2D eigenvalue weighted by Crippen LogP contribution is -2.04. The molecule has 4 heteroatoms. The molecule has 1 heterocycles. The van der Waals surface area contributed by atoms with Crippen LogP contribution in [0.25, 0.3) is 11.3 Å². The first kappa shape index (κ1) is 17.0. The number of carbonyl (C=O) groups excluding carboxylic acids is 1. The summed E-state index contributed by atoms with van der Waals surface area (Å²) in [7, 11) is 0. The number of ether oxygens (including phenoxy) is 1. The van der Waals surface area contributed by atoms with Crippen LogP contribution < -0.4 is 4.74 Å². The Morgan fingerprint density at radius 1 is 1.12 bits per heavy atom. The summed E-state index contributed by atoms with van der Waals surface area (Å²) in [6, 6.07) is 17.4. The number of Topliss-reactive ketones (excluding diaryl/α,β-unsaturated/α-hetero) is 1. The number of H-pyrrole nitrogens is 1. The highest BCUT2D eigenvalue weighted by Gasteiger charge is 2.16. The lowest BCUT2D eigenvalue weighted by molar-refractivity contribution is 0.0981. The van der Waals surface area contributed by atoms with Crippen LogP contribution in [0.5, 0.6) is 5.75 Å². The van der Waals surface area contributed by atoms with Crippen LogP contribution in [0.4, 0.5) is 0 Å². The van der Waals surface area contributed by atoms with E-state index in [0.29, 0.717) is 6.42 Å². The van der Waals surface area contributed by atoms with Gasteiger partial charge in [-0.15, -0.1) is 0 Å². The third kappa shape index (κ3) is 3.97. The Hall–Kier alpha value is -2.88. The second kappa shape index (κ2) is 7.79. The lowest BCUT2D eigenvalue weighted by Gasteiger charge is -2.15. The Morgan fingerprint density at radius 3 is 2.52 bits per heavy atom. The van der Waals surface area contributed by atoms with Gasteiger partial charge in [-0.3, -0.25) is 9.89 Å². The van der Waals surface area contributed by atoms with E-state index < -0.39 is 0 Å². The topological polar surface area (TPSA) is 55.0 Å². The van der Waals surface area contributed by atoms with E-state index in [1.807, 2.05) is 68.4 Å². The Morgan fingerprint density at radius 2 is 1.84 bits per heavy atom. The van der Waals surface area contributed by atoms with Gasteiger partial charge in [-0.25, -0.2) is 0 Å². The SMILES string of the molecule is CCCC(=O)c1ccc(OC(C)c2cn[nH]c2-c2ccccc2)cc1. The molecule has 0 bridgehead atoms. The predicted octanol–water partition coefficient (Wildman–Crippen LogP) is 5.20. The number of carbonyl (C=O) groups is 1. The van der Waals surface area contributed by atoms with E-state index in [-0.39, 0.29) is 11.9 Å². The van der Waals surface area contributed by atoms with Crippen molar-refractivity contribution in [1.29, 1.82) is 0 Å². The largest absolute Gasteiger partial charge is 0.486 e.